The van der Waals surface area contributed by atoms with E-state index in [0.717, 1.165) is 36.4 Å². The molecule has 3 rings (SSSR count). The second-order valence-corrected chi connectivity index (χ2v) is 5.33. The lowest BCUT2D eigenvalue weighted by atomic mass is 10.2. The summed E-state index contributed by atoms with van der Waals surface area (Å²) in [6, 6.07) is 18.7. The van der Waals surface area contributed by atoms with Gasteiger partial charge in [0.25, 0.3) is 0 Å². The van der Waals surface area contributed by atoms with Crippen LogP contribution in [-0.4, -0.2) is 12.1 Å². The van der Waals surface area contributed by atoms with Crippen LogP contribution in [0.5, 0.6) is 11.5 Å². The molecule has 2 atom stereocenters. The molecule has 1 fully saturated rings. The molecule has 2 aromatic rings. The maximum atomic E-state index is 5.97. The summed E-state index contributed by atoms with van der Waals surface area (Å²) in [5.41, 5.74) is 7.01. The van der Waals surface area contributed by atoms with Crippen molar-refractivity contribution in [3.63, 3.8) is 0 Å². The van der Waals surface area contributed by atoms with Crippen LogP contribution in [-0.2, 0) is 0 Å². The first kappa shape index (κ1) is 13.0. The largest absolute Gasteiger partial charge is 0.455 e. The van der Waals surface area contributed by atoms with Crippen LogP contribution in [0.25, 0.3) is 0 Å². The normalized spacial score (nSPS) is 21.6. The molecule has 3 N–H and O–H groups in total. The number of nitrogens with one attached hydrogen (secondary N) is 1. The van der Waals surface area contributed by atoms with Gasteiger partial charge < -0.3 is 15.8 Å². The molecular formula is C17H20N2O. The molecule has 3 heteroatoms. The van der Waals surface area contributed by atoms with Crippen LogP contribution in [0, 0.1) is 0 Å². The lowest BCUT2D eigenvalue weighted by molar-refractivity contribution is 0.483. The van der Waals surface area contributed by atoms with Gasteiger partial charge in [-0.3, -0.25) is 0 Å². The number of hydrogen-bond donors (Lipinski definition) is 2. The van der Waals surface area contributed by atoms with Gasteiger partial charge in [-0.2, -0.15) is 0 Å². The van der Waals surface area contributed by atoms with Crippen molar-refractivity contribution < 1.29 is 4.74 Å². The van der Waals surface area contributed by atoms with Crippen LogP contribution in [0.3, 0.4) is 0 Å². The number of ether oxygens (including phenoxy) is 1. The number of para-hydroxylation sites is 3. The van der Waals surface area contributed by atoms with E-state index in [4.69, 9.17) is 10.5 Å². The van der Waals surface area contributed by atoms with Crippen LogP contribution in [0.4, 0.5) is 5.69 Å². The molecule has 3 nitrogen and oxygen atoms in total. The van der Waals surface area contributed by atoms with Crippen LogP contribution in [0.15, 0.2) is 54.6 Å². The maximum Gasteiger partial charge on any atom is 0.150 e. The van der Waals surface area contributed by atoms with E-state index in [-0.39, 0.29) is 0 Å². The van der Waals surface area contributed by atoms with Gasteiger partial charge in [-0.15, -0.1) is 0 Å². The number of anilines is 1. The summed E-state index contributed by atoms with van der Waals surface area (Å²) in [6.45, 7) is 0. The third kappa shape index (κ3) is 3.11. The fourth-order valence-electron chi connectivity index (χ4n) is 2.66. The van der Waals surface area contributed by atoms with Gasteiger partial charge >= 0.3 is 0 Å². The zero-order valence-corrected chi connectivity index (χ0v) is 11.5. The highest BCUT2D eigenvalue weighted by Gasteiger charge is 2.22. The van der Waals surface area contributed by atoms with Gasteiger partial charge in [-0.1, -0.05) is 30.3 Å². The van der Waals surface area contributed by atoms with Crippen LogP contribution in [0.2, 0.25) is 0 Å². The Morgan fingerprint density at radius 1 is 0.950 bits per heavy atom. The Morgan fingerprint density at radius 3 is 2.45 bits per heavy atom. The summed E-state index contributed by atoms with van der Waals surface area (Å²) < 4.78 is 5.95. The van der Waals surface area contributed by atoms with Crippen molar-refractivity contribution in [1.82, 2.24) is 0 Å². The minimum Gasteiger partial charge on any atom is -0.455 e. The summed E-state index contributed by atoms with van der Waals surface area (Å²) in [5, 5.41) is 3.56. The predicted molar refractivity (Wildman–Crippen MR) is 82.2 cm³/mol. The van der Waals surface area contributed by atoms with Crippen molar-refractivity contribution in [2.45, 2.75) is 31.3 Å². The Kier molecular flexibility index (Phi) is 3.88. The van der Waals surface area contributed by atoms with E-state index in [0.29, 0.717) is 12.1 Å². The molecule has 0 spiro atoms. The monoisotopic (exact) mass is 268 g/mol. The van der Waals surface area contributed by atoms with E-state index in [1.165, 1.54) is 0 Å². The first-order valence-corrected chi connectivity index (χ1v) is 7.15. The van der Waals surface area contributed by atoms with Gasteiger partial charge in [0.05, 0.1) is 5.69 Å². The average molecular weight is 268 g/mol. The first-order chi connectivity index (χ1) is 9.81. The van der Waals surface area contributed by atoms with Crippen molar-refractivity contribution in [1.29, 1.82) is 0 Å². The van der Waals surface area contributed by atoms with Crippen LogP contribution in [0.1, 0.15) is 19.3 Å². The van der Waals surface area contributed by atoms with Crippen molar-refractivity contribution in [2.75, 3.05) is 5.32 Å². The summed E-state index contributed by atoms with van der Waals surface area (Å²) in [7, 11) is 0. The molecule has 2 unspecified atom stereocenters. The molecule has 104 valence electrons. The molecule has 0 heterocycles. The van der Waals surface area contributed by atoms with E-state index < -0.39 is 0 Å². The minimum absolute atomic E-state index is 0.328. The van der Waals surface area contributed by atoms with Crippen LogP contribution >= 0.6 is 0 Å². The van der Waals surface area contributed by atoms with Crippen molar-refractivity contribution in [2.24, 2.45) is 5.73 Å². The highest BCUT2D eigenvalue weighted by Crippen LogP contribution is 2.31. The second-order valence-electron chi connectivity index (χ2n) is 5.33. The Labute approximate surface area is 119 Å². The molecule has 0 amide bonds. The summed E-state index contributed by atoms with van der Waals surface area (Å²) >= 11 is 0. The maximum absolute atomic E-state index is 5.97. The number of hydrogen-bond acceptors (Lipinski definition) is 3. The SMILES string of the molecule is NC1CCC(Nc2ccccc2Oc2ccccc2)C1. The second kappa shape index (κ2) is 5.97. The van der Waals surface area contributed by atoms with Gasteiger partial charge in [0.1, 0.15) is 5.75 Å². The quantitative estimate of drug-likeness (QED) is 0.887. The molecule has 0 bridgehead atoms. The third-order valence-electron chi connectivity index (χ3n) is 3.69. The molecule has 0 radical (unpaired) electrons. The van der Waals surface area contributed by atoms with Gasteiger partial charge in [-0.25, -0.2) is 0 Å². The molecule has 2 aromatic carbocycles. The molecule has 20 heavy (non-hydrogen) atoms. The van der Waals surface area contributed by atoms with E-state index in [2.05, 4.69) is 11.4 Å². The average Bonchev–Trinajstić information content (AvgIpc) is 2.88. The Balaban J connectivity index is 1.74. The smallest absolute Gasteiger partial charge is 0.150 e. The van der Waals surface area contributed by atoms with Crippen molar-refractivity contribution in [3.05, 3.63) is 54.6 Å². The van der Waals surface area contributed by atoms with Crippen molar-refractivity contribution >= 4 is 5.69 Å². The third-order valence-corrected chi connectivity index (χ3v) is 3.69. The Morgan fingerprint density at radius 2 is 1.70 bits per heavy atom. The highest BCUT2D eigenvalue weighted by atomic mass is 16.5. The van der Waals surface area contributed by atoms with Crippen molar-refractivity contribution in [3.8, 4) is 11.5 Å². The summed E-state index contributed by atoms with van der Waals surface area (Å²) in [4.78, 5) is 0. The fourth-order valence-corrected chi connectivity index (χ4v) is 2.66. The molecular weight excluding hydrogens is 248 g/mol. The van der Waals surface area contributed by atoms with E-state index >= 15 is 0 Å². The number of benzene rings is 2. The highest BCUT2D eigenvalue weighted by molar-refractivity contribution is 5.58. The first-order valence-electron chi connectivity index (χ1n) is 7.15. The minimum atomic E-state index is 0.328. The lowest BCUT2D eigenvalue weighted by Crippen LogP contribution is -2.20. The summed E-state index contributed by atoms with van der Waals surface area (Å²) in [5.74, 6) is 1.71. The molecule has 1 aliphatic carbocycles. The van der Waals surface area contributed by atoms with Gasteiger partial charge in [0.15, 0.2) is 5.75 Å². The topological polar surface area (TPSA) is 47.3 Å². The summed E-state index contributed by atoms with van der Waals surface area (Å²) in [6.07, 6.45) is 3.25. The molecule has 0 aliphatic heterocycles. The number of rotatable bonds is 4. The zero-order valence-electron chi connectivity index (χ0n) is 11.5. The van der Waals surface area contributed by atoms with Crippen LogP contribution < -0.4 is 15.8 Å². The van der Waals surface area contributed by atoms with E-state index in [1.807, 2.05) is 48.5 Å². The zero-order chi connectivity index (χ0) is 13.8. The predicted octanol–water partition coefficient (Wildman–Crippen LogP) is 3.77. The van der Waals surface area contributed by atoms with Gasteiger partial charge in [0.2, 0.25) is 0 Å². The Hall–Kier alpha value is -2.00. The molecule has 1 aliphatic rings. The molecule has 0 aromatic heterocycles. The van der Waals surface area contributed by atoms with E-state index in [1.54, 1.807) is 0 Å². The van der Waals surface area contributed by atoms with E-state index in [9.17, 15) is 0 Å². The fraction of sp³-hybridized carbons (Fsp3) is 0.294. The number of nitrogens with two attached hydrogens (primary N) is 1. The standard InChI is InChI=1S/C17H20N2O/c18-13-10-11-14(12-13)19-16-8-4-5-9-17(16)20-15-6-2-1-3-7-15/h1-9,13-14,19H,10-12,18H2. The lowest BCUT2D eigenvalue weighted by Gasteiger charge is -2.17. The molecule has 0 saturated heterocycles. The van der Waals surface area contributed by atoms with Gasteiger partial charge in [0, 0.05) is 12.1 Å². The molecule has 1 saturated carbocycles. The van der Waals surface area contributed by atoms with Gasteiger partial charge in [-0.05, 0) is 43.5 Å². The Bertz CT molecular complexity index is 556.